The molecule has 2 heterocycles. The van der Waals surface area contributed by atoms with Crippen molar-refractivity contribution in [2.75, 3.05) is 13.2 Å². The first-order valence-electron chi connectivity index (χ1n) is 6.74. The summed E-state index contributed by atoms with van der Waals surface area (Å²) in [5, 5.41) is 3.68. The number of rotatable bonds is 5. The van der Waals surface area contributed by atoms with Crippen molar-refractivity contribution in [3.8, 4) is 0 Å². The van der Waals surface area contributed by atoms with Gasteiger partial charge in [-0.15, -0.1) is 11.3 Å². The molecule has 2 atom stereocenters. The summed E-state index contributed by atoms with van der Waals surface area (Å²) in [4.78, 5) is 1.45. The van der Waals surface area contributed by atoms with Gasteiger partial charge in [-0.1, -0.05) is 13.8 Å². The number of thiophene rings is 1. The largest absolute Gasteiger partial charge is 0.378 e. The second-order valence-electron chi connectivity index (χ2n) is 5.28. The van der Waals surface area contributed by atoms with Gasteiger partial charge in [0.25, 0.3) is 0 Å². The molecule has 2 nitrogen and oxygen atoms in total. The van der Waals surface area contributed by atoms with Crippen LogP contribution in [0.15, 0.2) is 15.9 Å². The van der Waals surface area contributed by atoms with Crippen LogP contribution in [0.5, 0.6) is 0 Å². The monoisotopic (exact) mass is 331 g/mol. The molecule has 1 aromatic rings. The predicted octanol–water partition coefficient (Wildman–Crippen LogP) is 3.85. The summed E-state index contributed by atoms with van der Waals surface area (Å²) in [5.74, 6) is 0.628. The van der Waals surface area contributed by atoms with Crippen molar-refractivity contribution in [1.82, 2.24) is 5.32 Å². The summed E-state index contributed by atoms with van der Waals surface area (Å²) in [6, 6.07) is 4.97. The maximum Gasteiger partial charge on any atom is 0.0701 e. The summed E-state index contributed by atoms with van der Waals surface area (Å²) in [6.07, 6.45) is 3.87. The topological polar surface area (TPSA) is 21.3 Å². The Hall–Kier alpha value is 0.1000. The third-order valence-corrected chi connectivity index (χ3v) is 5.18. The standard InChI is InChI=1S/C14H22BrNOS/c1-10(2)13-9-11(6-8-17-13)16-7-5-12-3-4-14(15)18-12/h3-4,10-11,13,16H,5-9H2,1-2H3. The predicted molar refractivity (Wildman–Crippen MR) is 81.3 cm³/mol. The normalized spacial score (nSPS) is 24.7. The van der Waals surface area contributed by atoms with Crippen LogP contribution < -0.4 is 5.32 Å². The lowest BCUT2D eigenvalue weighted by molar-refractivity contribution is -0.0241. The van der Waals surface area contributed by atoms with Gasteiger partial charge in [-0.2, -0.15) is 0 Å². The number of hydrogen-bond donors (Lipinski definition) is 1. The molecule has 0 radical (unpaired) electrons. The van der Waals surface area contributed by atoms with Gasteiger partial charge in [-0.25, -0.2) is 0 Å². The van der Waals surface area contributed by atoms with Crippen LogP contribution in [0.1, 0.15) is 31.6 Å². The molecule has 1 aliphatic heterocycles. The van der Waals surface area contributed by atoms with E-state index in [2.05, 4.69) is 47.2 Å². The Morgan fingerprint density at radius 1 is 1.50 bits per heavy atom. The SMILES string of the molecule is CC(C)C1CC(NCCc2ccc(Br)s2)CCO1. The molecule has 102 valence electrons. The molecule has 1 fully saturated rings. The Balaban J connectivity index is 1.70. The van der Waals surface area contributed by atoms with Gasteiger partial charge in [0.05, 0.1) is 9.89 Å². The first-order valence-corrected chi connectivity index (χ1v) is 8.35. The van der Waals surface area contributed by atoms with Crippen LogP contribution >= 0.6 is 27.3 Å². The van der Waals surface area contributed by atoms with Crippen molar-refractivity contribution < 1.29 is 4.74 Å². The second kappa shape index (κ2) is 7.04. The van der Waals surface area contributed by atoms with Crippen LogP contribution in [0.2, 0.25) is 0 Å². The van der Waals surface area contributed by atoms with E-state index in [-0.39, 0.29) is 0 Å². The van der Waals surface area contributed by atoms with E-state index in [1.165, 1.54) is 8.66 Å². The highest BCUT2D eigenvalue weighted by atomic mass is 79.9. The lowest BCUT2D eigenvalue weighted by Crippen LogP contribution is -2.41. The van der Waals surface area contributed by atoms with Gasteiger partial charge < -0.3 is 10.1 Å². The van der Waals surface area contributed by atoms with Gasteiger partial charge in [-0.05, 0) is 53.2 Å². The summed E-state index contributed by atoms with van der Waals surface area (Å²) >= 11 is 5.34. The van der Waals surface area contributed by atoms with Crippen molar-refractivity contribution in [3.05, 3.63) is 20.8 Å². The van der Waals surface area contributed by atoms with Crippen LogP contribution in [0.4, 0.5) is 0 Å². The Bertz CT molecular complexity index is 366. The molecule has 0 amide bonds. The molecule has 0 aromatic carbocycles. The fourth-order valence-electron chi connectivity index (χ4n) is 2.36. The molecule has 2 rings (SSSR count). The number of halogens is 1. The minimum Gasteiger partial charge on any atom is -0.378 e. The molecule has 1 aromatic heterocycles. The van der Waals surface area contributed by atoms with E-state index in [1.54, 1.807) is 0 Å². The van der Waals surface area contributed by atoms with E-state index in [0.717, 1.165) is 32.4 Å². The average molecular weight is 332 g/mol. The van der Waals surface area contributed by atoms with Crippen LogP contribution in [-0.4, -0.2) is 25.3 Å². The molecular formula is C14H22BrNOS. The maximum atomic E-state index is 5.79. The van der Waals surface area contributed by atoms with Crippen LogP contribution in [0, 0.1) is 5.92 Å². The highest BCUT2D eigenvalue weighted by molar-refractivity contribution is 9.11. The molecule has 1 saturated heterocycles. The highest BCUT2D eigenvalue weighted by Gasteiger charge is 2.24. The fourth-order valence-corrected chi connectivity index (χ4v) is 3.85. The van der Waals surface area contributed by atoms with E-state index >= 15 is 0 Å². The van der Waals surface area contributed by atoms with Gasteiger partial charge in [0, 0.05) is 24.1 Å². The van der Waals surface area contributed by atoms with Gasteiger partial charge in [0.1, 0.15) is 0 Å². The zero-order valence-electron chi connectivity index (χ0n) is 11.1. The van der Waals surface area contributed by atoms with Crippen LogP contribution in [0.25, 0.3) is 0 Å². The molecule has 0 spiro atoms. The number of nitrogens with one attached hydrogen (secondary N) is 1. The number of ether oxygens (including phenoxy) is 1. The minimum atomic E-state index is 0.437. The van der Waals surface area contributed by atoms with E-state index in [0.29, 0.717) is 18.1 Å². The average Bonchev–Trinajstić information content (AvgIpc) is 2.75. The first-order chi connectivity index (χ1) is 8.65. The third-order valence-electron chi connectivity index (χ3n) is 3.49. The van der Waals surface area contributed by atoms with Crippen molar-refractivity contribution in [2.24, 2.45) is 5.92 Å². The molecule has 1 N–H and O–H groups in total. The quantitative estimate of drug-likeness (QED) is 0.884. The molecule has 2 unspecified atom stereocenters. The smallest absolute Gasteiger partial charge is 0.0701 e. The summed E-state index contributed by atoms with van der Waals surface area (Å²) in [7, 11) is 0. The molecule has 1 aliphatic rings. The van der Waals surface area contributed by atoms with Gasteiger partial charge >= 0.3 is 0 Å². The first kappa shape index (κ1) is 14.5. The lowest BCUT2D eigenvalue weighted by atomic mass is 9.95. The van der Waals surface area contributed by atoms with E-state index in [9.17, 15) is 0 Å². The van der Waals surface area contributed by atoms with Gasteiger partial charge in [0.2, 0.25) is 0 Å². The van der Waals surface area contributed by atoms with Gasteiger partial charge in [0.15, 0.2) is 0 Å². The van der Waals surface area contributed by atoms with E-state index < -0.39 is 0 Å². The number of hydrogen-bond acceptors (Lipinski definition) is 3. The van der Waals surface area contributed by atoms with Crippen molar-refractivity contribution >= 4 is 27.3 Å². The Morgan fingerprint density at radius 2 is 2.33 bits per heavy atom. The van der Waals surface area contributed by atoms with E-state index in [1.807, 2.05) is 11.3 Å². The van der Waals surface area contributed by atoms with Gasteiger partial charge in [-0.3, -0.25) is 0 Å². The van der Waals surface area contributed by atoms with Crippen molar-refractivity contribution in [1.29, 1.82) is 0 Å². The molecule has 4 heteroatoms. The zero-order chi connectivity index (χ0) is 13.0. The summed E-state index contributed by atoms with van der Waals surface area (Å²) < 4.78 is 7.02. The summed E-state index contributed by atoms with van der Waals surface area (Å²) in [5.41, 5.74) is 0. The summed E-state index contributed by atoms with van der Waals surface area (Å²) in [6.45, 7) is 6.47. The highest BCUT2D eigenvalue weighted by Crippen LogP contribution is 2.23. The van der Waals surface area contributed by atoms with Crippen molar-refractivity contribution in [2.45, 2.75) is 45.3 Å². The molecule has 18 heavy (non-hydrogen) atoms. The Labute approximate surface area is 122 Å². The maximum absolute atomic E-state index is 5.79. The second-order valence-corrected chi connectivity index (χ2v) is 7.83. The zero-order valence-corrected chi connectivity index (χ0v) is 13.5. The molecule has 0 aliphatic carbocycles. The molecular weight excluding hydrogens is 310 g/mol. The lowest BCUT2D eigenvalue weighted by Gasteiger charge is -2.32. The third kappa shape index (κ3) is 4.34. The Kier molecular flexibility index (Phi) is 5.67. The fraction of sp³-hybridized carbons (Fsp3) is 0.714. The van der Waals surface area contributed by atoms with Crippen LogP contribution in [0.3, 0.4) is 0 Å². The minimum absolute atomic E-state index is 0.437. The van der Waals surface area contributed by atoms with E-state index in [4.69, 9.17) is 4.74 Å². The van der Waals surface area contributed by atoms with Crippen LogP contribution in [-0.2, 0) is 11.2 Å². The Morgan fingerprint density at radius 3 is 3.00 bits per heavy atom. The molecule has 0 bridgehead atoms. The van der Waals surface area contributed by atoms with Crippen molar-refractivity contribution in [3.63, 3.8) is 0 Å². The molecule has 0 saturated carbocycles.